The molecule has 3 aliphatic rings. The largest absolute Gasteiger partial charge is 0.456 e. The summed E-state index contributed by atoms with van der Waals surface area (Å²) in [5.74, 6) is 0.714. The minimum Gasteiger partial charge on any atom is -0.456 e. The highest BCUT2D eigenvalue weighted by atomic mass is 35.5. The van der Waals surface area contributed by atoms with E-state index in [9.17, 15) is 4.79 Å². The average molecular weight is 481 g/mol. The quantitative estimate of drug-likeness (QED) is 0.308. The third kappa shape index (κ3) is 4.40. The normalized spacial score (nSPS) is 25.0. The number of rotatable bonds is 6. The van der Waals surface area contributed by atoms with Gasteiger partial charge < -0.3 is 4.74 Å². The molecule has 5 atom stereocenters. The van der Waals surface area contributed by atoms with Crippen molar-refractivity contribution in [3.8, 4) is 0 Å². The molecule has 2 bridgehead atoms. The molecule has 6 rings (SSSR count). The number of hydrogen-bond donors (Lipinski definition) is 0. The Morgan fingerprint density at radius 2 is 1.97 bits per heavy atom. The second kappa shape index (κ2) is 9.46. The molecule has 4 heterocycles. The smallest absolute Gasteiger partial charge is 0.311 e. The van der Waals surface area contributed by atoms with Crippen molar-refractivity contribution in [2.24, 2.45) is 11.8 Å². The highest BCUT2D eigenvalue weighted by Gasteiger charge is 2.44. The summed E-state index contributed by atoms with van der Waals surface area (Å²) in [6.07, 6.45) is 5.63. The first-order chi connectivity index (χ1) is 16.0. The fourth-order valence-corrected chi connectivity index (χ4v) is 5.97. The molecular formula is C27H26Cl2N2O2. The topological polar surface area (TPSA) is 42.4 Å². The van der Waals surface area contributed by atoms with Crippen LogP contribution in [0.25, 0.3) is 10.9 Å². The van der Waals surface area contributed by atoms with Crippen molar-refractivity contribution in [2.45, 2.75) is 31.4 Å². The number of para-hydroxylation sites is 1. The molecule has 6 heteroatoms. The highest BCUT2D eigenvalue weighted by Crippen LogP contribution is 2.43. The van der Waals surface area contributed by atoms with Gasteiger partial charge in [0, 0.05) is 39.3 Å². The first-order valence-electron chi connectivity index (χ1n) is 11.4. The predicted molar refractivity (Wildman–Crippen MR) is 133 cm³/mol. The van der Waals surface area contributed by atoms with Gasteiger partial charge in [-0.2, -0.15) is 0 Å². The molecule has 1 aromatic heterocycles. The van der Waals surface area contributed by atoms with Gasteiger partial charge in [-0.3, -0.25) is 14.7 Å². The molecule has 3 aliphatic heterocycles. The number of fused-ring (bicyclic) bond motifs is 4. The third-order valence-electron chi connectivity index (χ3n) is 7.13. The van der Waals surface area contributed by atoms with E-state index in [-0.39, 0.29) is 18.4 Å². The average Bonchev–Trinajstić information content (AvgIpc) is 2.85. The summed E-state index contributed by atoms with van der Waals surface area (Å²) in [5.41, 5.74) is 2.48. The maximum atomic E-state index is 13.2. The van der Waals surface area contributed by atoms with Crippen molar-refractivity contribution in [2.75, 3.05) is 13.1 Å². The van der Waals surface area contributed by atoms with Gasteiger partial charge in [-0.25, -0.2) is 0 Å². The molecule has 3 fully saturated rings. The lowest BCUT2D eigenvalue weighted by Crippen LogP contribution is -2.55. The molecule has 1 unspecified atom stereocenters. The van der Waals surface area contributed by atoms with E-state index in [1.165, 1.54) is 0 Å². The zero-order chi connectivity index (χ0) is 22.9. The van der Waals surface area contributed by atoms with E-state index >= 15 is 0 Å². The van der Waals surface area contributed by atoms with E-state index in [0.717, 1.165) is 42.4 Å². The summed E-state index contributed by atoms with van der Waals surface area (Å²) < 4.78 is 6.27. The Kier molecular flexibility index (Phi) is 6.42. The van der Waals surface area contributed by atoms with Gasteiger partial charge in [0.15, 0.2) is 0 Å². The monoisotopic (exact) mass is 480 g/mol. The Morgan fingerprint density at radius 1 is 1.18 bits per heavy atom. The lowest BCUT2D eigenvalue weighted by Gasteiger charge is -2.51. The summed E-state index contributed by atoms with van der Waals surface area (Å²) in [5, 5.41) is 1.95. The number of halogens is 2. The van der Waals surface area contributed by atoms with Gasteiger partial charge in [0.05, 0.1) is 18.0 Å². The van der Waals surface area contributed by atoms with Gasteiger partial charge in [0.1, 0.15) is 6.10 Å². The van der Waals surface area contributed by atoms with Crippen LogP contribution in [-0.2, 0) is 16.0 Å². The number of benzene rings is 2. The van der Waals surface area contributed by atoms with Crippen LogP contribution in [0, 0.1) is 11.8 Å². The number of aromatic nitrogens is 1. The third-order valence-corrected chi connectivity index (χ3v) is 7.84. The molecule has 0 N–H and O–H groups in total. The van der Waals surface area contributed by atoms with Gasteiger partial charge in [0.25, 0.3) is 0 Å². The summed E-state index contributed by atoms with van der Waals surface area (Å²) >= 11 is 12.6. The van der Waals surface area contributed by atoms with Gasteiger partial charge in [0.2, 0.25) is 0 Å². The van der Waals surface area contributed by atoms with Crippen molar-refractivity contribution in [1.82, 2.24) is 9.88 Å². The van der Waals surface area contributed by atoms with Crippen LogP contribution < -0.4 is 0 Å². The van der Waals surface area contributed by atoms with E-state index in [1.54, 1.807) is 24.4 Å². The zero-order valence-corrected chi connectivity index (χ0v) is 19.8. The first kappa shape index (κ1) is 22.4. The maximum absolute atomic E-state index is 13.2. The second-order valence-corrected chi connectivity index (χ2v) is 9.77. The molecule has 4 nitrogen and oxygen atoms in total. The van der Waals surface area contributed by atoms with Crippen molar-refractivity contribution in [3.05, 3.63) is 88.6 Å². The van der Waals surface area contributed by atoms with Crippen molar-refractivity contribution >= 4 is 40.1 Å². The highest BCUT2D eigenvalue weighted by molar-refractivity contribution is 6.36. The number of piperidine rings is 3. The summed E-state index contributed by atoms with van der Waals surface area (Å²) in [6, 6.07) is 15.4. The number of nitrogens with zero attached hydrogens (tertiary/aromatic N) is 2. The van der Waals surface area contributed by atoms with Crippen LogP contribution in [-0.4, -0.2) is 35.0 Å². The summed E-state index contributed by atoms with van der Waals surface area (Å²) in [7, 11) is 0. The van der Waals surface area contributed by atoms with Crippen LogP contribution in [0.2, 0.25) is 10.0 Å². The molecule has 0 amide bonds. The van der Waals surface area contributed by atoms with E-state index in [4.69, 9.17) is 27.9 Å². The molecule has 170 valence electrons. The van der Waals surface area contributed by atoms with Crippen LogP contribution in [0.15, 0.2) is 67.4 Å². The molecule has 0 saturated carbocycles. The number of pyridine rings is 1. The molecular weight excluding hydrogens is 455 g/mol. The Labute approximate surface area is 204 Å². The van der Waals surface area contributed by atoms with E-state index in [1.807, 2.05) is 30.3 Å². The lowest BCUT2D eigenvalue weighted by atomic mass is 9.73. The first-order valence-corrected chi connectivity index (χ1v) is 12.1. The molecule has 0 aliphatic carbocycles. The van der Waals surface area contributed by atoms with Crippen molar-refractivity contribution in [3.63, 3.8) is 0 Å². The number of carbonyl (C=O) groups is 1. The van der Waals surface area contributed by atoms with Crippen LogP contribution in [0.5, 0.6) is 0 Å². The van der Waals surface area contributed by atoms with Gasteiger partial charge >= 0.3 is 5.97 Å². The Bertz CT molecular complexity index is 1170. The van der Waals surface area contributed by atoms with E-state index < -0.39 is 6.10 Å². The fraction of sp³-hybridized carbons (Fsp3) is 0.333. The Morgan fingerprint density at radius 3 is 2.70 bits per heavy atom. The van der Waals surface area contributed by atoms with Crippen LogP contribution in [0.1, 0.15) is 30.1 Å². The minimum absolute atomic E-state index is 0.0312. The standard InChI is InChI=1S/C27H26Cl2N2O2/c1-2-17-16-31-13-11-18(17)14-25(31)27(20-10-12-30-24-9-4-3-6-19(20)24)33-26(32)15-21-22(28)7-5-8-23(21)29/h2-10,12,17-18,25,27H,1,11,13-16H2/t17-,18-,25+,27-/m0/s1. The van der Waals surface area contributed by atoms with E-state index in [2.05, 4.69) is 22.5 Å². The Balaban J connectivity index is 1.49. The maximum Gasteiger partial charge on any atom is 0.311 e. The van der Waals surface area contributed by atoms with Gasteiger partial charge in [-0.15, -0.1) is 6.58 Å². The molecule has 3 aromatic rings. The van der Waals surface area contributed by atoms with Gasteiger partial charge in [-0.1, -0.05) is 53.5 Å². The van der Waals surface area contributed by atoms with Gasteiger partial charge in [-0.05, 0) is 55.5 Å². The zero-order valence-electron chi connectivity index (χ0n) is 18.3. The van der Waals surface area contributed by atoms with Crippen molar-refractivity contribution in [1.29, 1.82) is 0 Å². The lowest BCUT2D eigenvalue weighted by molar-refractivity contribution is -0.156. The fourth-order valence-electron chi connectivity index (χ4n) is 5.44. The SMILES string of the molecule is C=C[C@H]1CN2CC[C@H]1C[C@@H]2[C@@H](OC(=O)Cc1c(Cl)cccc1Cl)c1ccnc2ccccc12. The molecule has 0 spiro atoms. The minimum atomic E-state index is -0.403. The van der Waals surface area contributed by atoms with Crippen LogP contribution in [0.4, 0.5) is 0 Å². The van der Waals surface area contributed by atoms with Crippen LogP contribution in [0.3, 0.4) is 0 Å². The number of esters is 1. The molecule has 0 radical (unpaired) electrons. The van der Waals surface area contributed by atoms with Crippen molar-refractivity contribution < 1.29 is 9.53 Å². The Hall–Kier alpha value is -2.40. The molecule has 3 saturated heterocycles. The summed E-state index contributed by atoms with van der Waals surface area (Å²) in [4.78, 5) is 20.2. The second-order valence-electron chi connectivity index (χ2n) is 8.95. The number of ether oxygens (including phenoxy) is 1. The van der Waals surface area contributed by atoms with Crippen LogP contribution >= 0.6 is 23.2 Å². The number of hydrogen-bond acceptors (Lipinski definition) is 4. The predicted octanol–water partition coefficient (Wildman–Crippen LogP) is 6.27. The molecule has 33 heavy (non-hydrogen) atoms. The number of carbonyl (C=O) groups excluding carboxylic acids is 1. The summed E-state index contributed by atoms with van der Waals surface area (Å²) in [6.45, 7) is 6.00. The molecule has 2 aromatic carbocycles. The van der Waals surface area contributed by atoms with E-state index in [0.29, 0.717) is 27.4 Å².